The Balaban J connectivity index is 1.38. The minimum atomic E-state index is -0.151. The molecule has 0 amide bonds. The van der Waals surface area contributed by atoms with Crippen molar-refractivity contribution in [2.24, 2.45) is 0 Å². The highest BCUT2D eigenvalue weighted by Gasteiger charge is 2.20. The highest BCUT2D eigenvalue weighted by Crippen LogP contribution is 2.13. The Labute approximate surface area is 163 Å². The van der Waals surface area contributed by atoms with Crippen LogP contribution in [0.15, 0.2) is 70.1 Å². The zero-order valence-corrected chi connectivity index (χ0v) is 15.7. The van der Waals surface area contributed by atoms with Crippen LogP contribution in [0.5, 0.6) is 5.75 Å². The number of ether oxygens (including phenoxy) is 1. The highest BCUT2D eigenvalue weighted by atomic mass is 35.5. The van der Waals surface area contributed by atoms with Gasteiger partial charge in [-0.05, 0) is 23.3 Å². The van der Waals surface area contributed by atoms with Crippen LogP contribution in [-0.2, 0) is 26.1 Å². The Morgan fingerprint density at radius 3 is 2.63 bits per heavy atom. The van der Waals surface area contributed by atoms with Gasteiger partial charge in [-0.3, -0.25) is 4.79 Å². The summed E-state index contributed by atoms with van der Waals surface area (Å²) in [5.41, 5.74) is 3.60. The second-order valence-electron chi connectivity index (χ2n) is 6.86. The van der Waals surface area contributed by atoms with Crippen LogP contribution in [0.1, 0.15) is 22.5 Å². The molecule has 0 aliphatic carbocycles. The van der Waals surface area contributed by atoms with E-state index < -0.39 is 0 Å². The van der Waals surface area contributed by atoms with Crippen LogP contribution in [0.2, 0.25) is 5.02 Å². The molecule has 0 fully saturated rings. The molecule has 0 radical (unpaired) electrons. The number of fused-ring (bicyclic) bond motifs is 1. The van der Waals surface area contributed by atoms with Crippen LogP contribution in [0, 0.1) is 0 Å². The molecule has 0 bridgehead atoms. The van der Waals surface area contributed by atoms with Crippen molar-refractivity contribution in [1.29, 1.82) is 0 Å². The first-order chi connectivity index (χ1) is 13.2. The Hall–Kier alpha value is -2.56. The molecule has 2 aromatic carbocycles. The summed E-state index contributed by atoms with van der Waals surface area (Å²) >= 11 is 5.87. The monoisotopic (exact) mass is 382 g/mol. The molecule has 4 nitrogen and oxygen atoms in total. The first-order valence-corrected chi connectivity index (χ1v) is 9.44. The van der Waals surface area contributed by atoms with Crippen molar-refractivity contribution >= 4 is 11.6 Å². The minimum Gasteiger partial charge on any atom is -0.482 e. The summed E-state index contributed by atoms with van der Waals surface area (Å²) in [4.78, 5) is 13.7. The van der Waals surface area contributed by atoms with Crippen molar-refractivity contribution in [2.45, 2.75) is 26.1 Å². The Morgan fingerprint density at radius 2 is 1.85 bits per heavy atom. The van der Waals surface area contributed by atoms with Gasteiger partial charge in [-0.1, -0.05) is 48.0 Å². The van der Waals surface area contributed by atoms with Gasteiger partial charge < -0.3 is 14.1 Å². The van der Waals surface area contributed by atoms with Gasteiger partial charge in [-0.25, -0.2) is 0 Å². The van der Waals surface area contributed by atoms with E-state index in [1.165, 1.54) is 22.3 Å². The molecule has 1 atom stereocenters. The fraction of sp³-hybridized carbons (Fsp3) is 0.227. The smallest absolute Gasteiger partial charge is 0.227 e. The van der Waals surface area contributed by atoms with E-state index in [0.29, 0.717) is 23.9 Å². The second-order valence-corrected chi connectivity index (χ2v) is 7.30. The first kappa shape index (κ1) is 17.8. The van der Waals surface area contributed by atoms with Crippen LogP contribution >= 0.6 is 11.6 Å². The van der Waals surface area contributed by atoms with Gasteiger partial charge in [0, 0.05) is 23.1 Å². The lowest BCUT2D eigenvalue weighted by molar-refractivity contribution is -0.930. The molecule has 1 aliphatic heterocycles. The first-order valence-electron chi connectivity index (χ1n) is 9.07. The van der Waals surface area contributed by atoms with E-state index in [1.807, 2.05) is 12.1 Å². The van der Waals surface area contributed by atoms with Crippen molar-refractivity contribution < 1.29 is 14.1 Å². The number of rotatable bonds is 5. The third kappa shape index (κ3) is 4.41. The van der Waals surface area contributed by atoms with Gasteiger partial charge in [-0.15, -0.1) is 0 Å². The number of benzene rings is 2. The van der Waals surface area contributed by atoms with Gasteiger partial charge >= 0.3 is 0 Å². The third-order valence-corrected chi connectivity index (χ3v) is 5.14. The van der Waals surface area contributed by atoms with Gasteiger partial charge in [0.15, 0.2) is 5.76 Å². The van der Waals surface area contributed by atoms with Gasteiger partial charge in [0.2, 0.25) is 11.2 Å². The molecule has 1 aromatic heterocycles. The topological polar surface area (TPSA) is 43.9 Å². The van der Waals surface area contributed by atoms with Crippen LogP contribution < -0.4 is 15.1 Å². The van der Waals surface area contributed by atoms with Crippen molar-refractivity contribution in [1.82, 2.24) is 0 Å². The van der Waals surface area contributed by atoms with Crippen molar-refractivity contribution in [3.05, 3.63) is 98.6 Å². The molecule has 27 heavy (non-hydrogen) atoms. The molecule has 0 spiro atoms. The largest absolute Gasteiger partial charge is 0.482 e. The van der Waals surface area contributed by atoms with Gasteiger partial charge in [0.25, 0.3) is 0 Å². The summed E-state index contributed by atoms with van der Waals surface area (Å²) in [5.74, 6) is 0.918. The van der Waals surface area contributed by atoms with E-state index in [-0.39, 0.29) is 11.2 Å². The van der Waals surface area contributed by atoms with Gasteiger partial charge in [-0.2, -0.15) is 0 Å². The summed E-state index contributed by atoms with van der Waals surface area (Å²) in [6, 6.07) is 17.4. The molecule has 5 heteroatoms. The molecule has 138 valence electrons. The molecule has 3 aromatic rings. The van der Waals surface area contributed by atoms with Gasteiger partial charge in [0.05, 0.1) is 6.54 Å². The lowest BCUT2D eigenvalue weighted by Crippen LogP contribution is -3.10. The zero-order valence-electron chi connectivity index (χ0n) is 14.9. The SMILES string of the molecule is O=c1cc(C[NH+]2CCc3ccccc3C2)occ1OCc1ccc(Cl)cc1. The number of hydrogen-bond donors (Lipinski definition) is 1. The predicted molar refractivity (Wildman–Crippen MR) is 104 cm³/mol. The van der Waals surface area contributed by atoms with E-state index in [2.05, 4.69) is 24.3 Å². The van der Waals surface area contributed by atoms with Crippen molar-refractivity contribution in [3.8, 4) is 5.75 Å². The van der Waals surface area contributed by atoms with Crippen LogP contribution in [0.25, 0.3) is 0 Å². The van der Waals surface area contributed by atoms with Crippen molar-refractivity contribution in [3.63, 3.8) is 0 Å². The lowest BCUT2D eigenvalue weighted by atomic mass is 10.00. The van der Waals surface area contributed by atoms with Crippen LogP contribution in [-0.4, -0.2) is 6.54 Å². The summed E-state index contributed by atoms with van der Waals surface area (Å²) < 4.78 is 11.3. The number of halogens is 1. The van der Waals surface area contributed by atoms with E-state index in [9.17, 15) is 4.79 Å². The summed E-state index contributed by atoms with van der Waals surface area (Å²) in [6.45, 7) is 2.99. The lowest BCUT2D eigenvalue weighted by Gasteiger charge is -2.25. The van der Waals surface area contributed by atoms with Crippen LogP contribution in [0.4, 0.5) is 0 Å². The minimum absolute atomic E-state index is 0.151. The molecule has 1 unspecified atom stereocenters. The third-order valence-electron chi connectivity index (χ3n) is 4.89. The second kappa shape index (κ2) is 7.99. The normalized spacial score (nSPS) is 16.0. The maximum atomic E-state index is 12.3. The Bertz CT molecular complexity index is 981. The summed E-state index contributed by atoms with van der Waals surface area (Å²) in [7, 11) is 0. The fourth-order valence-corrected chi connectivity index (χ4v) is 3.54. The Morgan fingerprint density at radius 1 is 1.07 bits per heavy atom. The van der Waals surface area contributed by atoms with Gasteiger partial charge in [0.1, 0.15) is 26.0 Å². The molecule has 4 rings (SSSR count). The van der Waals surface area contributed by atoms with E-state index in [1.54, 1.807) is 18.2 Å². The summed E-state index contributed by atoms with van der Waals surface area (Å²) in [6.07, 6.45) is 2.48. The highest BCUT2D eigenvalue weighted by molar-refractivity contribution is 6.30. The predicted octanol–water partition coefficient (Wildman–Crippen LogP) is 3.01. The quantitative estimate of drug-likeness (QED) is 0.737. The average molecular weight is 383 g/mol. The van der Waals surface area contributed by atoms with Crippen molar-refractivity contribution in [2.75, 3.05) is 6.54 Å². The number of quaternary nitrogens is 1. The maximum Gasteiger partial charge on any atom is 0.227 e. The standard InChI is InChI=1S/C22H20ClNO3/c23-19-7-5-16(6-8-19)14-27-22-15-26-20(11-21(22)25)13-24-10-9-17-3-1-2-4-18(17)12-24/h1-8,11,15H,9-10,12-14H2/p+1. The van der Waals surface area contributed by atoms with E-state index >= 15 is 0 Å². The Kier molecular flexibility index (Phi) is 5.28. The molecular formula is C22H21ClNO3+. The molecule has 2 heterocycles. The summed E-state index contributed by atoms with van der Waals surface area (Å²) in [5, 5.41) is 0.672. The molecule has 0 saturated carbocycles. The van der Waals surface area contributed by atoms with E-state index in [4.69, 9.17) is 20.8 Å². The maximum absolute atomic E-state index is 12.3. The fourth-order valence-electron chi connectivity index (χ4n) is 3.42. The number of nitrogens with one attached hydrogen (secondary N) is 1. The molecule has 0 saturated heterocycles. The molecule has 1 aliphatic rings. The molecule has 1 N–H and O–H groups in total. The zero-order chi connectivity index (χ0) is 18.6. The van der Waals surface area contributed by atoms with Crippen LogP contribution in [0.3, 0.4) is 0 Å². The average Bonchev–Trinajstić information content (AvgIpc) is 2.68. The number of hydrogen-bond acceptors (Lipinski definition) is 3. The van der Waals surface area contributed by atoms with E-state index in [0.717, 1.165) is 25.1 Å². The molecular weight excluding hydrogens is 362 g/mol.